The highest BCUT2D eigenvalue weighted by Crippen LogP contribution is 2.38. The fourth-order valence-corrected chi connectivity index (χ4v) is 4.89. The number of hydrogen-bond donors (Lipinski definition) is 2. The molecule has 164 valence electrons. The number of fused-ring (bicyclic) bond motifs is 1. The van der Waals surface area contributed by atoms with Crippen LogP contribution in [0.25, 0.3) is 16.6 Å². The zero-order valence-electron chi connectivity index (χ0n) is 16.4. The molecule has 2 heterocycles. The van der Waals surface area contributed by atoms with Gasteiger partial charge in [0.1, 0.15) is 0 Å². The molecule has 11 heteroatoms. The molecule has 0 unspecified atom stereocenters. The van der Waals surface area contributed by atoms with Crippen molar-refractivity contribution < 1.29 is 32.2 Å². The van der Waals surface area contributed by atoms with E-state index in [1.54, 1.807) is 18.2 Å². The first-order valence-electron chi connectivity index (χ1n) is 9.38. The summed E-state index contributed by atoms with van der Waals surface area (Å²) in [5.74, 6) is -4.47. The Morgan fingerprint density at radius 2 is 1.84 bits per heavy atom. The van der Waals surface area contributed by atoms with Crippen LogP contribution in [0, 0.1) is 11.6 Å². The first-order chi connectivity index (χ1) is 14.5. The summed E-state index contributed by atoms with van der Waals surface area (Å²) in [6.07, 6.45) is 2.79. The van der Waals surface area contributed by atoms with Crippen LogP contribution in [0.4, 0.5) is 8.78 Å². The van der Waals surface area contributed by atoms with E-state index in [1.807, 2.05) is 0 Å². The number of sulfonamides is 1. The lowest BCUT2D eigenvalue weighted by Gasteiger charge is -2.38. The number of carboxylic acid groups (broad SMARTS) is 1. The quantitative estimate of drug-likeness (QED) is 0.630. The van der Waals surface area contributed by atoms with Crippen LogP contribution in [0.1, 0.15) is 18.4 Å². The van der Waals surface area contributed by atoms with E-state index in [-0.39, 0.29) is 31.6 Å². The van der Waals surface area contributed by atoms with Crippen molar-refractivity contribution in [2.75, 3.05) is 19.3 Å². The van der Waals surface area contributed by atoms with Gasteiger partial charge < -0.3 is 10.2 Å². The highest BCUT2D eigenvalue weighted by Gasteiger charge is 2.44. The van der Waals surface area contributed by atoms with Crippen LogP contribution >= 0.6 is 0 Å². The molecule has 1 aromatic heterocycles. The van der Waals surface area contributed by atoms with Crippen molar-refractivity contribution in [1.29, 1.82) is 0 Å². The number of benzene rings is 2. The number of carbonyl (C=O) groups is 1. The van der Waals surface area contributed by atoms with Crippen LogP contribution in [0.3, 0.4) is 0 Å². The van der Waals surface area contributed by atoms with Gasteiger partial charge in [0.05, 0.1) is 29.1 Å². The van der Waals surface area contributed by atoms with Crippen LogP contribution in [0.5, 0.6) is 5.75 Å². The Morgan fingerprint density at radius 3 is 2.42 bits per heavy atom. The fraction of sp³-hybridized carbons (Fsp3) is 0.300. The van der Waals surface area contributed by atoms with Crippen LogP contribution < -0.4 is 0 Å². The van der Waals surface area contributed by atoms with Crippen molar-refractivity contribution in [3.8, 4) is 11.4 Å². The molecule has 0 amide bonds. The van der Waals surface area contributed by atoms with E-state index in [9.17, 15) is 32.2 Å². The summed E-state index contributed by atoms with van der Waals surface area (Å²) in [7, 11) is -3.41. The second-order valence-electron chi connectivity index (χ2n) is 7.64. The van der Waals surface area contributed by atoms with Gasteiger partial charge in [-0.15, -0.1) is 0 Å². The van der Waals surface area contributed by atoms with E-state index in [0.717, 1.165) is 18.4 Å². The van der Waals surface area contributed by atoms with Crippen LogP contribution in [0.2, 0.25) is 0 Å². The minimum absolute atomic E-state index is 0.0938. The van der Waals surface area contributed by atoms with E-state index in [0.29, 0.717) is 16.5 Å². The summed E-state index contributed by atoms with van der Waals surface area (Å²) >= 11 is 0. The molecule has 3 aromatic rings. The number of phenolic OH excluding ortho intramolecular Hbond substituents is 1. The molecule has 0 bridgehead atoms. The minimum Gasteiger partial charge on any atom is -0.505 e. The molecule has 4 rings (SSSR count). The van der Waals surface area contributed by atoms with Crippen LogP contribution in [-0.4, -0.2) is 58.0 Å². The lowest BCUT2D eigenvalue weighted by Crippen LogP contribution is -2.48. The van der Waals surface area contributed by atoms with Crippen LogP contribution in [0.15, 0.2) is 36.5 Å². The first kappa shape index (κ1) is 21.2. The van der Waals surface area contributed by atoms with Crippen LogP contribution in [-0.2, 0) is 20.2 Å². The Bertz CT molecular complexity index is 1270. The number of aromatic hydroxyl groups is 1. The molecule has 0 aliphatic carbocycles. The van der Waals surface area contributed by atoms with Gasteiger partial charge in [-0.2, -0.15) is 9.49 Å². The summed E-state index contributed by atoms with van der Waals surface area (Å²) in [6.45, 7) is 0.188. The minimum atomic E-state index is -3.41. The van der Waals surface area contributed by atoms with E-state index in [1.165, 1.54) is 15.2 Å². The Morgan fingerprint density at radius 1 is 1.16 bits per heavy atom. The number of phenols is 1. The molecule has 1 aliphatic rings. The van der Waals surface area contributed by atoms with E-state index in [4.69, 9.17) is 0 Å². The van der Waals surface area contributed by atoms with Crippen molar-refractivity contribution in [3.63, 3.8) is 0 Å². The number of halogens is 2. The molecule has 1 aliphatic heterocycles. The van der Waals surface area contributed by atoms with Crippen molar-refractivity contribution in [2.45, 2.75) is 18.3 Å². The standard InChI is InChI=1S/C20H19F2N3O5S/c1-31(29,30)24-6-4-20(5-7-24,19(27)28)13-2-3-16-12(8-13)11-23-25(16)14-9-15(21)18(22)17(26)10-14/h2-3,8-11,26H,4-7H2,1H3,(H,27,28). The van der Waals surface area contributed by atoms with E-state index < -0.39 is 38.8 Å². The van der Waals surface area contributed by atoms with E-state index >= 15 is 0 Å². The average Bonchev–Trinajstić information content (AvgIpc) is 3.14. The topological polar surface area (TPSA) is 113 Å². The highest BCUT2D eigenvalue weighted by atomic mass is 32.2. The second kappa shape index (κ2) is 7.27. The number of carboxylic acids is 1. The summed E-state index contributed by atoms with van der Waals surface area (Å²) in [5, 5.41) is 24.3. The zero-order valence-corrected chi connectivity index (χ0v) is 17.2. The number of piperidine rings is 1. The molecule has 0 saturated carbocycles. The third kappa shape index (κ3) is 3.53. The number of rotatable bonds is 4. The predicted molar refractivity (Wildman–Crippen MR) is 108 cm³/mol. The Hall–Kier alpha value is -3.05. The molecule has 0 radical (unpaired) electrons. The fourth-order valence-electron chi connectivity index (χ4n) is 4.04. The summed E-state index contributed by atoms with van der Waals surface area (Å²) in [6, 6.07) is 6.82. The summed E-state index contributed by atoms with van der Waals surface area (Å²) < 4.78 is 53.2. The average molecular weight is 451 g/mol. The maximum absolute atomic E-state index is 13.7. The smallest absolute Gasteiger partial charge is 0.314 e. The predicted octanol–water partition coefficient (Wildman–Crippen LogP) is 2.39. The molecular formula is C20H19F2N3O5S. The molecule has 2 N–H and O–H groups in total. The molecule has 0 atom stereocenters. The monoisotopic (exact) mass is 451 g/mol. The van der Waals surface area contributed by atoms with Crippen molar-refractivity contribution in [3.05, 3.63) is 53.7 Å². The van der Waals surface area contributed by atoms with Gasteiger partial charge in [-0.3, -0.25) is 4.79 Å². The Kier molecular flexibility index (Phi) is 4.97. The SMILES string of the molecule is CS(=O)(=O)N1CCC(C(=O)O)(c2ccc3c(cnn3-c3cc(O)c(F)c(F)c3)c2)CC1. The summed E-state index contributed by atoms with van der Waals surface area (Å²) in [4.78, 5) is 12.2. The summed E-state index contributed by atoms with van der Waals surface area (Å²) in [5.41, 5.74) is -0.136. The normalized spacial score (nSPS) is 17.1. The number of aliphatic carboxylic acids is 1. The van der Waals surface area contributed by atoms with Crippen molar-refractivity contribution in [2.24, 2.45) is 0 Å². The molecule has 0 spiro atoms. The molecule has 1 fully saturated rings. The highest BCUT2D eigenvalue weighted by molar-refractivity contribution is 7.88. The van der Waals surface area contributed by atoms with Crippen molar-refractivity contribution in [1.82, 2.24) is 14.1 Å². The van der Waals surface area contributed by atoms with Gasteiger partial charge >= 0.3 is 5.97 Å². The Balaban J connectivity index is 1.74. The molecule has 31 heavy (non-hydrogen) atoms. The Labute approximate surface area is 176 Å². The maximum Gasteiger partial charge on any atom is 0.314 e. The van der Waals surface area contributed by atoms with Gasteiger partial charge in [0.2, 0.25) is 10.0 Å². The number of hydrogen-bond acceptors (Lipinski definition) is 5. The zero-order chi connectivity index (χ0) is 22.6. The van der Waals surface area contributed by atoms with Gasteiger partial charge in [0.15, 0.2) is 17.4 Å². The second-order valence-corrected chi connectivity index (χ2v) is 9.62. The van der Waals surface area contributed by atoms with Gasteiger partial charge in [0, 0.05) is 30.6 Å². The van der Waals surface area contributed by atoms with E-state index in [2.05, 4.69) is 5.10 Å². The number of nitrogens with zero attached hydrogens (tertiary/aromatic N) is 3. The van der Waals surface area contributed by atoms with Gasteiger partial charge in [-0.25, -0.2) is 21.8 Å². The number of aromatic nitrogens is 2. The van der Waals surface area contributed by atoms with Crippen molar-refractivity contribution >= 4 is 26.9 Å². The van der Waals surface area contributed by atoms with Gasteiger partial charge in [0.25, 0.3) is 0 Å². The lowest BCUT2D eigenvalue weighted by atomic mass is 9.73. The van der Waals surface area contributed by atoms with Gasteiger partial charge in [-0.1, -0.05) is 6.07 Å². The maximum atomic E-state index is 13.7. The third-order valence-corrected chi connectivity index (χ3v) is 7.12. The largest absolute Gasteiger partial charge is 0.505 e. The molecule has 1 saturated heterocycles. The first-order valence-corrected chi connectivity index (χ1v) is 11.2. The lowest BCUT2D eigenvalue weighted by molar-refractivity contribution is -0.145. The molecule has 2 aromatic carbocycles. The van der Waals surface area contributed by atoms with Gasteiger partial charge in [-0.05, 0) is 30.5 Å². The molecular weight excluding hydrogens is 432 g/mol. The third-order valence-electron chi connectivity index (χ3n) is 5.81. The molecule has 8 nitrogen and oxygen atoms in total.